The Hall–Kier alpha value is -3.09. The van der Waals surface area contributed by atoms with Crippen LogP contribution in [0.2, 0.25) is 0 Å². The lowest BCUT2D eigenvalue weighted by Crippen LogP contribution is -2.39. The third kappa shape index (κ3) is 2.25. The van der Waals surface area contributed by atoms with Gasteiger partial charge in [-0.05, 0) is 51.3 Å². The average Bonchev–Trinajstić information content (AvgIpc) is 3.16. The summed E-state index contributed by atoms with van der Waals surface area (Å²) in [7, 11) is 1.67. The van der Waals surface area contributed by atoms with Crippen molar-refractivity contribution in [1.29, 1.82) is 0 Å². The predicted octanol–water partition coefficient (Wildman–Crippen LogP) is 2.78. The molecule has 0 aliphatic rings. The zero-order valence-corrected chi connectivity index (χ0v) is 17.2. The minimum absolute atomic E-state index is 0.284. The van der Waals surface area contributed by atoms with Gasteiger partial charge in [-0.3, -0.25) is 22.9 Å². The fraction of sp³-hybridized carbons (Fsp3) is 0.381. The molecule has 3 heterocycles. The molecule has 0 amide bonds. The van der Waals surface area contributed by atoms with Gasteiger partial charge in [0.15, 0.2) is 11.2 Å². The van der Waals surface area contributed by atoms with E-state index >= 15 is 0 Å². The minimum atomic E-state index is -0.326. The zero-order valence-electron chi connectivity index (χ0n) is 17.2. The Morgan fingerprint density at radius 2 is 1.75 bits per heavy atom. The molecule has 0 N–H and O–H groups in total. The van der Waals surface area contributed by atoms with Crippen molar-refractivity contribution in [2.75, 3.05) is 0 Å². The van der Waals surface area contributed by atoms with Crippen LogP contribution in [0.3, 0.4) is 0 Å². The number of imidazole rings is 2. The van der Waals surface area contributed by atoms with Crippen LogP contribution in [-0.2, 0) is 13.6 Å². The summed E-state index contributed by atoms with van der Waals surface area (Å²) < 4.78 is 6.74. The normalized spacial score (nSPS) is 11.8. The highest BCUT2D eigenvalue weighted by Gasteiger charge is 2.23. The molecule has 0 spiro atoms. The zero-order chi connectivity index (χ0) is 20.3. The van der Waals surface area contributed by atoms with E-state index in [-0.39, 0.29) is 11.2 Å². The first-order valence-corrected chi connectivity index (χ1v) is 9.56. The highest BCUT2D eigenvalue weighted by molar-refractivity contribution is 5.77. The monoisotopic (exact) mass is 379 g/mol. The van der Waals surface area contributed by atoms with E-state index in [0.717, 1.165) is 22.6 Å². The van der Waals surface area contributed by atoms with Gasteiger partial charge in [-0.2, -0.15) is 4.98 Å². The van der Waals surface area contributed by atoms with E-state index in [2.05, 4.69) is 30.5 Å². The van der Waals surface area contributed by atoms with Crippen LogP contribution in [0.5, 0.6) is 0 Å². The topological polar surface area (TPSA) is 66.2 Å². The molecular formula is C21H25N5O2. The summed E-state index contributed by atoms with van der Waals surface area (Å²) in [5.41, 5.74) is 5.61. The highest BCUT2D eigenvalue weighted by atomic mass is 16.2. The Morgan fingerprint density at radius 1 is 1.04 bits per heavy atom. The van der Waals surface area contributed by atoms with Crippen LogP contribution in [-0.4, -0.2) is 23.1 Å². The third-order valence-electron chi connectivity index (χ3n) is 5.78. The minimum Gasteiger partial charge on any atom is -0.282 e. The van der Waals surface area contributed by atoms with Crippen molar-refractivity contribution in [3.63, 3.8) is 0 Å². The summed E-state index contributed by atoms with van der Waals surface area (Å²) >= 11 is 0. The van der Waals surface area contributed by atoms with Crippen LogP contribution in [0.4, 0.5) is 0 Å². The van der Waals surface area contributed by atoms with Gasteiger partial charge in [0.1, 0.15) is 0 Å². The molecule has 3 aromatic heterocycles. The predicted molar refractivity (Wildman–Crippen MR) is 111 cm³/mol. The maximum absolute atomic E-state index is 13.2. The average molecular weight is 379 g/mol. The smallest absolute Gasteiger partial charge is 0.282 e. The number of benzene rings is 1. The fourth-order valence-electron chi connectivity index (χ4n) is 3.94. The largest absolute Gasteiger partial charge is 0.332 e. The van der Waals surface area contributed by atoms with Gasteiger partial charge in [-0.1, -0.05) is 19.1 Å². The number of hydrogen-bond donors (Lipinski definition) is 0. The van der Waals surface area contributed by atoms with Crippen molar-refractivity contribution >= 4 is 16.9 Å². The van der Waals surface area contributed by atoms with Gasteiger partial charge in [0, 0.05) is 25.0 Å². The van der Waals surface area contributed by atoms with Gasteiger partial charge in [0.25, 0.3) is 5.56 Å². The maximum Gasteiger partial charge on any atom is 0.332 e. The number of nitrogens with zero attached hydrogens (tertiary/aromatic N) is 5. The van der Waals surface area contributed by atoms with Crippen molar-refractivity contribution in [2.24, 2.45) is 7.05 Å². The Morgan fingerprint density at radius 3 is 2.43 bits per heavy atom. The van der Waals surface area contributed by atoms with E-state index in [1.54, 1.807) is 7.05 Å². The molecule has 146 valence electrons. The van der Waals surface area contributed by atoms with Gasteiger partial charge < -0.3 is 0 Å². The number of rotatable bonds is 3. The lowest BCUT2D eigenvalue weighted by Gasteiger charge is -2.12. The highest BCUT2D eigenvalue weighted by Crippen LogP contribution is 2.27. The van der Waals surface area contributed by atoms with E-state index < -0.39 is 0 Å². The summed E-state index contributed by atoms with van der Waals surface area (Å²) in [4.78, 5) is 30.6. The number of aromatic nitrogens is 5. The van der Waals surface area contributed by atoms with Crippen molar-refractivity contribution in [3.8, 4) is 5.69 Å². The Balaban J connectivity index is 2.23. The first-order valence-electron chi connectivity index (χ1n) is 9.56. The van der Waals surface area contributed by atoms with Crippen molar-refractivity contribution in [2.45, 2.75) is 47.6 Å². The molecule has 0 fully saturated rings. The van der Waals surface area contributed by atoms with E-state index in [0.29, 0.717) is 29.9 Å². The lowest BCUT2D eigenvalue weighted by atomic mass is 10.1. The van der Waals surface area contributed by atoms with Gasteiger partial charge in [-0.25, -0.2) is 4.79 Å². The van der Waals surface area contributed by atoms with Crippen LogP contribution in [0.15, 0.2) is 27.8 Å². The molecule has 0 atom stereocenters. The number of hydrogen-bond acceptors (Lipinski definition) is 3. The van der Waals surface area contributed by atoms with Crippen molar-refractivity contribution in [3.05, 3.63) is 61.6 Å². The summed E-state index contributed by atoms with van der Waals surface area (Å²) in [5.74, 6) is 0.653. The molecule has 7 heteroatoms. The summed E-state index contributed by atoms with van der Waals surface area (Å²) in [6.45, 7) is 10.5. The number of fused-ring (bicyclic) bond motifs is 3. The molecule has 0 bridgehead atoms. The van der Waals surface area contributed by atoms with Crippen LogP contribution >= 0.6 is 0 Å². The van der Waals surface area contributed by atoms with Gasteiger partial charge in [0.2, 0.25) is 5.78 Å². The molecule has 0 aliphatic carbocycles. The van der Waals surface area contributed by atoms with Gasteiger partial charge in [0.05, 0.1) is 5.69 Å². The summed E-state index contributed by atoms with van der Waals surface area (Å²) in [5, 5.41) is 0. The van der Waals surface area contributed by atoms with Crippen molar-refractivity contribution < 1.29 is 0 Å². The SMILES string of the molecule is CCCn1c(=O)c2c(nc3n(-c4cccc(C)c4C)c(C)c(C)n23)n(C)c1=O. The molecule has 0 aliphatic heterocycles. The summed E-state index contributed by atoms with van der Waals surface area (Å²) in [6.07, 6.45) is 0.712. The van der Waals surface area contributed by atoms with E-state index in [1.165, 1.54) is 14.7 Å². The second-order valence-corrected chi connectivity index (χ2v) is 7.44. The second kappa shape index (κ2) is 6.22. The molecule has 4 rings (SSSR count). The van der Waals surface area contributed by atoms with E-state index in [9.17, 15) is 9.59 Å². The van der Waals surface area contributed by atoms with E-state index in [1.807, 2.05) is 31.2 Å². The molecule has 1 aromatic carbocycles. The second-order valence-electron chi connectivity index (χ2n) is 7.44. The van der Waals surface area contributed by atoms with Crippen LogP contribution in [0, 0.1) is 27.7 Å². The first-order chi connectivity index (χ1) is 13.3. The van der Waals surface area contributed by atoms with Crippen LogP contribution in [0.1, 0.15) is 35.9 Å². The Kier molecular flexibility index (Phi) is 4.06. The molecule has 0 saturated heterocycles. The quantitative estimate of drug-likeness (QED) is 0.550. The molecule has 28 heavy (non-hydrogen) atoms. The standard InChI is InChI=1S/C21H25N5O2/c1-7-11-24-19(27)17-18(23(6)21(24)28)22-20-25(14(4)15(5)26(17)20)16-10-8-9-12(2)13(16)3/h8-10H,7,11H2,1-6H3. The third-order valence-corrected chi connectivity index (χ3v) is 5.78. The van der Waals surface area contributed by atoms with Gasteiger partial charge >= 0.3 is 5.69 Å². The molecule has 7 nitrogen and oxygen atoms in total. The Labute approximate surface area is 162 Å². The van der Waals surface area contributed by atoms with E-state index in [4.69, 9.17) is 4.98 Å². The van der Waals surface area contributed by atoms with Gasteiger partial charge in [-0.15, -0.1) is 0 Å². The fourth-order valence-corrected chi connectivity index (χ4v) is 3.94. The lowest BCUT2D eigenvalue weighted by molar-refractivity contribution is 0.592. The van der Waals surface area contributed by atoms with Crippen molar-refractivity contribution in [1.82, 2.24) is 23.1 Å². The molecule has 0 unspecified atom stereocenters. The molecular weight excluding hydrogens is 354 g/mol. The number of aryl methyl sites for hydroxylation is 3. The molecule has 4 aromatic rings. The molecule has 0 saturated carbocycles. The maximum atomic E-state index is 13.2. The summed E-state index contributed by atoms with van der Waals surface area (Å²) in [6, 6.07) is 6.16. The first kappa shape index (κ1) is 18.3. The molecule has 0 radical (unpaired) electrons. The van der Waals surface area contributed by atoms with Crippen LogP contribution < -0.4 is 11.2 Å². The van der Waals surface area contributed by atoms with Crippen LogP contribution in [0.25, 0.3) is 22.6 Å². The Bertz CT molecular complexity index is 1360.